The van der Waals surface area contributed by atoms with Gasteiger partial charge >= 0.3 is 0 Å². The highest BCUT2D eigenvalue weighted by molar-refractivity contribution is 5.91. The molecule has 3 N–H and O–H groups in total. The van der Waals surface area contributed by atoms with E-state index < -0.39 is 0 Å². The summed E-state index contributed by atoms with van der Waals surface area (Å²) in [5.74, 6) is 2.76. The van der Waals surface area contributed by atoms with E-state index in [1.54, 1.807) is 13.3 Å². The molecule has 3 atom stereocenters. The van der Waals surface area contributed by atoms with Crippen LogP contribution in [0.5, 0.6) is 5.75 Å². The zero-order valence-electron chi connectivity index (χ0n) is 16.9. The molecular weight excluding hydrogens is 362 g/mol. The second kappa shape index (κ2) is 8.57. The van der Waals surface area contributed by atoms with E-state index in [0.29, 0.717) is 23.8 Å². The van der Waals surface area contributed by atoms with Gasteiger partial charge in [-0.05, 0) is 67.7 Å². The van der Waals surface area contributed by atoms with Crippen LogP contribution >= 0.6 is 0 Å². The van der Waals surface area contributed by atoms with Gasteiger partial charge in [0.1, 0.15) is 11.6 Å². The number of fused-ring (bicyclic) bond motifs is 1. The Morgan fingerprint density at radius 1 is 1.14 bits per heavy atom. The van der Waals surface area contributed by atoms with E-state index in [9.17, 15) is 0 Å². The Kier molecular flexibility index (Phi) is 5.71. The lowest BCUT2D eigenvalue weighted by Gasteiger charge is -2.33. The summed E-state index contributed by atoms with van der Waals surface area (Å²) in [5.41, 5.74) is 7.89. The van der Waals surface area contributed by atoms with Crippen molar-refractivity contribution < 1.29 is 4.74 Å². The zero-order chi connectivity index (χ0) is 20.2. The Balaban J connectivity index is 1.70. The van der Waals surface area contributed by atoms with Crippen LogP contribution in [0.3, 0.4) is 0 Å². The number of hydrogen-bond donors (Lipinski definition) is 2. The van der Waals surface area contributed by atoms with Crippen LogP contribution in [0.15, 0.2) is 42.6 Å². The SMILES string of the molecule is COc1ccc2nc(C=Cc3ccccn3)nc(N[C@@H]3CC[C@H](N)C[C@@H]3C)c2c1. The van der Waals surface area contributed by atoms with Crippen LogP contribution in [-0.4, -0.2) is 34.1 Å². The molecule has 0 saturated heterocycles. The van der Waals surface area contributed by atoms with Crippen LogP contribution in [0.2, 0.25) is 0 Å². The first-order valence-electron chi connectivity index (χ1n) is 10.1. The van der Waals surface area contributed by atoms with Gasteiger partial charge in [-0.25, -0.2) is 9.97 Å². The molecule has 0 amide bonds. The number of nitrogens with one attached hydrogen (secondary N) is 1. The van der Waals surface area contributed by atoms with Gasteiger partial charge in [-0.3, -0.25) is 4.98 Å². The molecule has 1 aliphatic carbocycles. The van der Waals surface area contributed by atoms with Gasteiger partial charge < -0.3 is 15.8 Å². The summed E-state index contributed by atoms with van der Waals surface area (Å²) in [5, 5.41) is 4.63. The quantitative estimate of drug-likeness (QED) is 0.682. The monoisotopic (exact) mass is 389 g/mol. The Morgan fingerprint density at radius 2 is 2.03 bits per heavy atom. The van der Waals surface area contributed by atoms with Crippen molar-refractivity contribution in [1.82, 2.24) is 15.0 Å². The third-order valence-corrected chi connectivity index (χ3v) is 5.54. The summed E-state index contributed by atoms with van der Waals surface area (Å²) in [6.45, 7) is 2.25. The molecule has 2 heterocycles. The van der Waals surface area contributed by atoms with Crippen molar-refractivity contribution in [3.05, 3.63) is 54.1 Å². The lowest BCUT2D eigenvalue weighted by molar-refractivity contribution is 0.314. The van der Waals surface area contributed by atoms with Crippen molar-refractivity contribution in [2.24, 2.45) is 11.7 Å². The fraction of sp³-hybridized carbons (Fsp3) is 0.348. The van der Waals surface area contributed by atoms with Gasteiger partial charge in [0.25, 0.3) is 0 Å². The van der Waals surface area contributed by atoms with Crippen molar-refractivity contribution in [1.29, 1.82) is 0 Å². The van der Waals surface area contributed by atoms with Gasteiger partial charge in [-0.2, -0.15) is 0 Å². The second-order valence-corrected chi connectivity index (χ2v) is 7.70. The number of methoxy groups -OCH3 is 1. The average Bonchev–Trinajstić information content (AvgIpc) is 2.74. The fourth-order valence-electron chi connectivity index (χ4n) is 3.90. The van der Waals surface area contributed by atoms with Crippen LogP contribution in [-0.2, 0) is 0 Å². The van der Waals surface area contributed by atoms with Gasteiger partial charge in [-0.1, -0.05) is 13.0 Å². The predicted octanol–water partition coefficient (Wildman–Crippen LogP) is 4.13. The van der Waals surface area contributed by atoms with E-state index in [2.05, 4.69) is 17.2 Å². The summed E-state index contributed by atoms with van der Waals surface area (Å²) >= 11 is 0. The Hall–Kier alpha value is -2.99. The van der Waals surface area contributed by atoms with Crippen LogP contribution in [0.4, 0.5) is 5.82 Å². The highest BCUT2D eigenvalue weighted by Crippen LogP contribution is 2.30. The number of anilines is 1. The molecule has 0 bridgehead atoms. The minimum absolute atomic E-state index is 0.294. The number of ether oxygens (including phenoxy) is 1. The average molecular weight is 390 g/mol. The van der Waals surface area contributed by atoms with Crippen molar-refractivity contribution in [2.75, 3.05) is 12.4 Å². The first-order valence-corrected chi connectivity index (χ1v) is 10.1. The number of nitrogens with zero attached hydrogens (tertiary/aromatic N) is 3. The minimum Gasteiger partial charge on any atom is -0.497 e. The molecule has 0 unspecified atom stereocenters. The Bertz CT molecular complexity index is 1000. The molecule has 1 aliphatic rings. The predicted molar refractivity (Wildman–Crippen MR) is 118 cm³/mol. The molecule has 6 heteroatoms. The highest BCUT2D eigenvalue weighted by Gasteiger charge is 2.26. The zero-order valence-corrected chi connectivity index (χ0v) is 16.9. The smallest absolute Gasteiger partial charge is 0.155 e. The molecule has 0 aliphatic heterocycles. The molecule has 0 radical (unpaired) electrons. The second-order valence-electron chi connectivity index (χ2n) is 7.70. The lowest BCUT2D eigenvalue weighted by Crippen LogP contribution is -2.39. The lowest BCUT2D eigenvalue weighted by atomic mass is 9.83. The van der Waals surface area contributed by atoms with Crippen molar-refractivity contribution in [2.45, 2.75) is 38.3 Å². The third kappa shape index (κ3) is 4.54. The standard InChI is InChI=1S/C23H27N5O/c1-15-13-16(24)6-9-20(15)27-23-19-14-18(29-2)8-10-21(19)26-22(28-23)11-7-17-5-3-4-12-25-17/h3-5,7-8,10-12,14-16,20H,6,9,13,24H2,1-2H3,(H,26,27,28)/t15-,16-,20+/m0/s1. The maximum atomic E-state index is 6.14. The van der Waals surface area contributed by atoms with E-state index in [1.165, 1.54) is 0 Å². The molecule has 4 rings (SSSR count). The van der Waals surface area contributed by atoms with Gasteiger partial charge in [0, 0.05) is 23.7 Å². The number of hydrogen-bond acceptors (Lipinski definition) is 6. The molecule has 0 spiro atoms. The highest BCUT2D eigenvalue weighted by atomic mass is 16.5. The van der Waals surface area contributed by atoms with Crippen LogP contribution < -0.4 is 15.8 Å². The van der Waals surface area contributed by atoms with Crippen molar-refractivity contribution in [3.63, 3.8) is 0 Å². The first kappa shape index (κ1) is 19.3. The molecule has 3 aromatic rings. The van der Waals surface area contributed by atoms with Gasteiger partial charge in [0.15, 0.2) is 5.82 Å². The molecule has 2 aromatic heterocycles. The first-order chi connectivity index (χ1) is 14.1. The topological polar surface area (TPSA) is 86.0 Å². The number of benzene rings is 1. The Labute approximate surface area is 171 Å². The number of rotatable bonds is 5. The third-order valence-electron chi connectivity index (χ3n) is 5.54. The number of pyridine rings is 1. The minimum atomic E-state index is 0.294. The summed E-state index contributed by atoms with van der Waals surface area (Å²) in [6, 6.07) is 12.3. The molecule has 1 aromatic carbocycles. The van der Waals surface area contributed by atoms with E-state index in [-0.39, 0.29) is 0 Å². The van der Waals surface area contributed by atoms with Crippen LogP contribution in [0.1, 0.15) is 37.7 Å². The van der Waals surface area contributed by atoms with E-state index in [0.717, 1.165) is 47.4 Å². The summed E-state index contributed by atoms with van der Waals surface area (Å²) in [4.78, 5) is 13.9. The largest absolute Gasteiger partial charge is 0.497 e. The van der Waals surface area contributed by atoms with E-state index in [4.69, 9.17) is 20.4 Å². The molecular formula is C23H27N5O. The summed E-state index contributed by atoms with van der Waals surface area (Å²) in [7, 11) is 1.67. The maximum Gasteiger partial charge on any atom is 0.155 e. The number of aromatic nitrogens is 3. The fourth-order valence-corrected chi connectivity index (χ4v) is 3.90. The van der Waals surface area contributed by atoms with Gasteiger partial charge in [0.2, 0.25) is 0 Å². The summed E-state index contributed by atoms with van der Waals surface area (Å²) in [6.07, 6.45) is 8.69. The molecule has 1 saturated carbocycles. The molecule has 1 fully saturated rings. The van der Waals surface area contributed by atoms with Crippen LogP contribution in [0.25, 0.3) is 23.1 Å². The van der Waals surface area contributed by atoms with Gasteiger partial charge in [-0.15, -0.1) is 0 Å². The summed E-state index contributed by atoms with van der Waals surface area (Å²) < 4.78 is 5.42. The molecule has 29 heavy (non-hydrogen) atoms. The van der Waals surface area contributed by atoms with E-state index in [1.807, 2.05) is 48.6 Å². The number of nitrogens with two attached hydrogens (primary N) is 1. The maximum absolute atomic E-state index is 6.14. The van der Waals surface area contributed by atoms with Crippen molar-refractivity contribution >= 4 is 28.9 Å². The van der Waals surface area contributed by atoms with Crippen LogP contribution in [0, 0.1) is 5.92 Å². The normalized spacial score (nSPS) is 22.1. The molecule has 150 valence electrons. The Morgan fingerprint density at radius 3 is 2.79 bits per heavy atom. The van der Waals surface area contributed by atoms with E-state index >= 15 is 0 Å². The van der Waals surface area contributed by atoms with Crippen molar-refractivity contribution in [3.8, 4) is 5.75 Å². The van der Waals surface area contributed by atoms with Gasteiger partial charge in [0.05, 0.1) is 18.3 Å². The molecule has 6 nitrogen and oxygen atoms in total.